The molecule has 2 amide bonds. The third-order valence-corrected chi connectivity index (χ3v) is 6.48. The van der Waals surface area contributed by atoms with E-state index in [4.69, 9.17) is 4.74 Å². The zero-order chi connectivity index (χ0) is 23.7. The summed E-state index contributed by atoms with van der Waals surface area (Å²) in [6.07, 6.45) is 0.198. The number of rotatable bonds is 5. The van der Waals surface area contributed by atoms with Crippen LogP contribution in [0.15, 0.2) is 72.8 Å². The molecule has 0 aromatic heterocycles. The summed E-state index contributed by atoms with van der Waals surface area (Å²) in [5, 5.41) is 12.0. The molecule has 2 N–H and O–H groups in total. The number of hydrogen-bond acceptors (Lipinski definition) is 4. The molecule has 0 saturated heterocycles. The summed E-state index contributed by atoms with van der Waals surface area (Å²) in [5.41, 5.74) is 5.90. The maximum absolute atomic E-state index is 13.2. The van der Waals surface area contributed by atoms with Gasteiger partial charge in [0.25, 0.3) is 0 Å². The van der Waals surface area contributed by atoms with Gasteiger partial charge in [0.2, 0.25) is 5.91 Å². The van der Waals surface area contributed by atoms with Gasteiger partial charge in [-0.1, -0.05) is 66.7 Å². The van der Waals surface area contributed by atoms with Gasteiger partial charge in [-0.2, -0.15) is 0 Å². The molecule has 0 fully saturated rings. The van der Waals surface area contributed by atoms with Gasteiger partial charge in [0, 0.05) is 11.6 Å². The third-order valence-electron chi connectivity index (χ3n) is 6.48. The van der Waals surface area contributed by atoms with Gasteiger partial charge in [-0.15, -0.1) is 0 Å². The van der Waals surface area contributed by atoms with Crippen LogP contribution in [0.3, 0.4) is 0 Å². The maximum Gasteiger partial charge on any atom is 0.407 e. The molecule has 1 unspecified atom stereocenters. The van der Waals surface area contributed by atoms with Crippen LogP contribution in [0.5, 0.6) is 0 Å². The number of anilines is 1. The lowest BCUT2D eigenvalue weighted by Crippen LogP contribution is -2.49. The molecule has 1 aliphatic heterocycles. The number of ether oxygens (including phenoxy) is 1. The first kappa shape index (κ1) is 21.7. The standard InChI is InChI=1S/C27H24N2O5/c30-25(31)15-29-24-12-6-1-7-17(24)13-14-23(26(29)32)28-27(33)34-16-22-20-10-4-2-8-18(20)19-9-3-5-11-21(19)22/h1-12,22-23H,13-16H2,(H,28,33)(H,30,31). The van der Waals surface area contributed by atoms with Gasteiger partial charge in [-0.05, 0) is 46.7 Å². The fourth-order valence-electron chi connectivity index (χ4n) is 4.93. The Morgan fingerprint density at radius 2 is 1.56 bits per heavy atom. The van der Waals surface area contributed by atoms with Gasteiger partial charge in [0.15, 0.2) is 0 Å². The highest BCUT2D eigenvalue weighted by Crippen LogP contribution is 2.44. The van der Waals surface area contributed by atoms with Gasteiger partial charge in [-0.3, -0.25) is 14.5 Å². The van der Waals surface area contributed by atoms with Crippen LogP contribution < -0.4 is 10.2 Å². The number of hydrogen-bond donors (Lipinski definition) is 2. The lowest BCUT2D eigenvalue weighted by molar-refractivity contribution is -0.136. The zero-order valence-electron chi connectivity index (χ0n) is 18.4. The first-order valence-corrected chi connectivity index (χ1v) is 11.3. The molecule has 3 aromatic rings. The molecule has 3 aromatic carbocycles. The Labute approximate surface area is 197 Å². The van der Waals surface area contributed by atoms with E-state index in [2.05, 4.69) is 17.4 Å². The van der Waals surface area contributed by atoms with Crippen molar-refractivity contribution in [3.63, 3.8) is 0 Å². The topological polar surface area (TPSA) is 95.9 Å². The normalized spacial score (nSPS) is 16.8. The fourth-order valence-corrected chi connectivity index (χ4v) is 4.93. The number of nitrogens with one attached hydrogen (secondary N) is 1. The molecular formula is C27H24N2O5. The Balaban J connectivity index is 1.30. The van der Waals surface area contributed by atoms with Gasteiger partial charge >= 0.3 is 12.1 Å². The SMILES string of the molecule is O=C(O)CN1C(=O)C(NC(=O)OCC2c3ccccc3-c3ccccc32)CCc2ccccc21. The number of para-hydroxylation sites is 1. The average molecular weight is 456 g/mol. The number of carbonyl (C=O) groups is 3. The second-order valence-corrected chi connectivity index (χ2v) is 8.51. The first-order chi connectivity index (χ1) is 16.5. The predicted octanol–water partition coefficient (Wildman–Crippen LogP) is 3.96. The largest absolute Gasteiger partial charge is 0.480 e. The van der Waals surface area contributed by atoms with E-state index in [0.29, 0.717) is 18.5 Å². The van der Waals surface area contributed by atoms with Gasteiger partial charge in [0.05, 0.1) is 0 Å². The van der Waals surface area contributed by atoms with Crippen LogP contribution in [-0.4, -0.2) is 42.3 Å². The van der Waals surface area contributed by atoms with Crippen molar-refractivity contribution in [1.29, 1.82) is 0 Å². The smallest absolute Gasteiger partial charge is 0.407 e. The van der Waals surface area contributed by atoms with Crippen molar-refractivity contribution in [1.82, 2.24) is 5.32 Å². The van der Waals surface area contributed by atoms with Gasteiger partial charge in [0.1, 0.15) is 19.2 Å². The number of fused-ring (bicyclic) bond motifs is 4. The summed E-state index contributed by atoms with van der Waals surface area (Å²) in [6, 6.07) is 22.5. The van der Waals surface area contributed by atoms with E-state index in [-0.39, 0.29) is 12.5 Å². The van der Waals surface area contributed by atoms with E-state index in [1.54, 1.807) is 12.1 Å². The Hall–Kier alpha value is -4.13. The van der Waals surface area contributed by atoms with E-state index in [0.717, 1.165) is 27.8 Å². The van der Waals surface area contributed by atoms with E-state index < -0.39 is 30.6 Å². The van der Waals surface area contributed by atoms with Gasteiger partial charge in [-0.25, -0.2) is 4.79 Å². The lowest BCUT2D eigenvalue weighted by atomic mass is 9.98. The zero-order valence-corrected chi connectivity index (χ0v) is 18.4. The Morgan fingerprint density at radius 1 is 0.941 bits per heavy atom. The second-order valence-electron chi connectivity index (χ2n) is 8.51. The molecule has 2 aliphatic rings. The predicted molar refractivity (Wildman–Crippen MR) is 127 cm³/mol. The minimum absolute atomic E-state index is 0.0873. The van der Waals surface area contributed by atoms with E-state index in [1.165, 1.54) is 4.90 Å². The van der Waals surface area contributed by atoms with Crippen molar-refractivity contribution in [2.75, 3.05) is 18.1 Å². The van der Waals surface area contributed by atoms with Crippen LogP contribution in [0.1, 0.15) is 29.0 Å². The highest BCUT2D eigenvalue weighted by Gasteiger charge is 2.34. The molecule has 1 atom stereocenters. The Kier molecular flexibility index (Phi) is 5.76. The number of benzene rings is 3. The highest BCUT2D eigenvalue weighted by atomic mass is 16.5. The molecule has 0 bridgehead atoms. The van der Waals surface area contributed by atoms with Crippen molar-refractivity contribution in [2.24, 2.45) is 0 Å². The molecule has 0 spiro atoms. The van der Waals surface area contributed by atoms with Crippen LogP contribution in [-0.2, 0) is 20.7 Å². The molecule has 0 saturated carbocycles. The summed E-state index contributed by atoms with van der Waals surface area (Å²) in [5.74, 6) is -1.67. The summed E-state index contributed by atoms with van der Waals surface area (Å²) >= 11 is 0. The number of carboxylic acid groups (broad SMARTS) is 1. The van der Waals surface area contributed by atoms with Crippen molar-refractivity contribution >= 4 is 23.7 Å². The molecule has 1 aliphatic carbocycles. The number of carbonyl (C=O) groups excluding carboxylic acids is 2. The minimum atomic E-state index is -1.12. The third kappa shape index (κ3) is 4.01. The molecule has 7 heteroatoms. The van der Waals surface area contributed by atoms with Gasteiger partial charge < -0.3 is 15.2 Å². The molecule has 5 rings (SSSR count). The quantitative estimate of drug-likeness (QED) is 0.606. The van der Waals surface area contributed by atoms with Crippen LogP contribution in [0.25, 0.3) is 11.1 Å². The van der Waals surface area contributed by atoms with Crippen molar-refractivity contribution < 1.29 is 24.2 Å². The summed E-state index contributed by atoms with van der Waals surface area (Å²) in [6.45, 7) is -0.335. The summed E-state index contributed by atoms with van der Waals surface area (Å²) in [4.78, 5) is 38.5. The Bertz CT molecular complexity index is 1230. The molecular weight excluding hydrogens is 432 g/mol. The first-order valence-electron chi connectivity index (χ1n) is 11.3. The van der Waals surface area contributed by atoms with Crippen molar-refractivity contribution in [3.8, 4) is 11.1 Å². The monoisotopic (exact) mass is 456 g/mol. The molecule has 1 heterocycles. The average Bonchev–Trinajstić information content (AvgIpc) is 3.10. The van der Waals surface area contributed by atoms with E-state index in [1.807, 2.05) is 48.5 Å². The molecule has 34 heavy (non-hydrogen) atoms. The fraction of sp³-hybridized carbons (Fsp3) is 0.222. The Morgan fingerprint density at radius 3 is 2.24 bits per heavy atom. The number of alkyl carbamates (subject to hydrolysis) is 1. The van der Waals surface area contributed by atoms with Crippen LogP contribution >= 0.6 is 0 Å². The number of nitrogens with zero attached hydrogens (tertiary/aromatic N) is 1. The molecule has 172 valence electrons. The van der Waals surface area contributed by atoms with Crippen molar-refractivity contribution in [3.05, 3.63) is 89.5 Å². The second kappa shape index (κ2) is 9.02. The number of amides is 2. The molecule has 0 radical (unpaired) electrons. The summed E-state index contributed by atoms with van der Waals surface area (Å²) < 4.78 is 5.59. The maximum atomic E-state index is 13.2. The van der Waals surface area contributed by atoms with E-state index in [9.17, 15) is 19.5 Å². The van der Waals surface area contributed by atoms with E-state index >= 15 is 0 Å². The highest BCUT2D eigenvalue weighted by molar-refractivity contribution is 6.02. The van der Waals surface area contributed by atoms with Crippen LogP contribution in [0, 0.1) is 0 Å². The number of carboxylic acids is 1. The number of aliphatic carboxylic acids is 1. The summed E-state index contributed by atoms with van der Waals surface area (Å²) in [7, 11) is 0. The lowest BCUT2D eigenvalue weighted by Gasteiger charge is -2.24. The van der Waals surface area contributed by atoms with Crippen molar-refractivity contribution in [2.45, 2.75) is 24.8 Å². The van der Waals surface area contributed by atoms with Crippen LogP contribution in [0.2, 0.25) is 0 Å². The molecule has 7 nitrogen and oxygen atoms in total. The minimum Gasteiger partial charge on any atom is -0.480 e. The van der Waals surface area contributed by atoms with Crippen LogP contribution in [0.4, 0.5) is 10.5 Å². The number of aryl methyl sites for hydroxylation is 1.